The predicted molar refractivity (Wildman–Crippen MR) is 74.0 cm³/mol. The zero-order chi connectivity index (χ0) is 15.3. The molecule has 0 aliphatic rings. The monoisotopic (exact) mass is 303 g/mol. The van der Waals surface area contributed by atoms with Crippen LogP contribution in [0.1, 0.15) is 5.56 Å². The van der Waals surface area contributed by atoms with Gasteiger partial charge in [-0.05, 0) is 17.7 Å². The van der Waals surface area contributed by atoms with Crippen LogP contribution in [0.2, 0.25) is 0 Å². The number of nitrogens with zero attached hydrogens (tertiary/aromatic N) is 3. The second-order valence-corrected chi connectivity index (χ2v) is 4.81. The van der Waals surface area contributed by atoms with Gasteiger partial charge < -0.3 is 4.98 Å². The van der Waals surface area contributed by atoms with Crippen molar-refractivity contribution in [2.45, 2.75) is 6.18 Å². The minimum atomic E-state index is -4.44. The Bertz CT molecular complexity index is 983. The smallest absolute Gasteiger partial charge is 0.344 e. The largest absolute Gasteiger partial charge is 0.416 e. The molecule has 0 saturated carbocycles. The van der Waals surface area contributed by atoms with Gasteiger partial charge in [0.05, 0.1) is 17.3 Å². The number of halogens is 3. The first-order valence-corrected chi connectivity index (χ1v) is 6.37. The number of H-pyrrole nitrogens is 2. The van der Waals surface area contributed by atoms with Crippen molar-refractivity contribution in [1.82, 2.24) is 25.1 Å². The molecule has 0 fully saturated rings. The fourth-order valence-electron chi connectivity index (χ4n) is 2.49. The van der Waals surface area contributed by atoms with Gasteiger partial charge >= 0.3 is 6.18 Å². The molecule has 8 heteroatoms. The average molecular weight is 303 g/mol. The topological polar surface area (TPSA) is 70.2 Å². The number of nitrogens with one attached hydrogen (secondary N) is 2. The molecule has 2 N–H and O–H groups in total. The maximum atomic E-state index is 13.1. The van der Waals surface area contributed by atoms with Gasteiger partial charge in [0.15, 0.2) is 5.65 Å². The van der Waals surface area contributed by atoms with Crippen LogP contribution in [0.15, 0.2) is 36.9 Å². The van der Waals surface area contributed by atoms with E-state index >= 15 is 0 Å². The van der Waals surface area contributed by atoms with E-state index in [1.807, 2.05) is 0 Å². The molecule has 3 aromatic heterocycles. The second kappa shape index (κ2) is 4.30. The highest BCUT2D eigenvalue weighted by Crippen LogP contribution is 2.38. The van der Waals surface area contributed by atoms with Crippen LogP contribution in [0.25, 0.3) is 33.2 Å². The fourth-order valence-corrected chi connectivity index (χ4v) is 2.49. The third kappa shape index (κ3) is 1.84. The Hall–Kier alpha value is -2.90. The highest BCUT2D eigenvalue weighted by molar-refractivity contribution is 6.02. The van der Waals surface area contributed by atoms with Crippen molar-refractivity contribution in [3.8, 4) is 11.1 Å². The van der Waals surface area contributed by atoms with E-state index in [0.717, 1.165) is 12.1 Å². The highest BCUT2D eigenvalue weighted by atomic mass is 19.4. The van der Waals surface area contributed by atoms with Gasteiger partial charge in [-0.1, -0.05) is 0 Å². The van der Waals surface area contributed by atoms with Crippen LogP contribution in [0, 0.1) is 0 Å². The van der Waals surface area contributed by atoms with Crippen LogP contribution >= 0.6 is 0 Å². The molecule has 0 saturated heterocycles. The number of aromatic amines is 2. The third-order valence-electron chi connectivity index (χ3n) is 3.48. The summed E-state index contributed by atoms with van der Waals surface area (Å²) in [5, 5.41) is 7.02. The number of fused-ring (bicyclic) bond motifs is 2. The van der Waals surface area contributed by atoms with E-state index in [-0.39, 0.29) is 0 Å². The van der Waals surface area contributed by atoms with Gasteiger partial charge in [-0.25, -0.2) is 4.98 Å². The summed E-state index contributed by atoms with van der Waals surface area (Å²) in [6, 6.07) is 2.15. The van der Waals surface area contributed by atoms with E-state index in [2.05, 4.69) is 25.1 Å². The lowest BCUT2D eigenvalue weighted by atomic mass is 10.0. The van der Waals surface area contributed by atoms with Gasteiger partial charge in [-0.2, -0.15) is 18.3 Å². The summed E-state index contributed by atoms with van der Waals surface area (Å²) >= 11 is 0. The van der Waals surface area contributed by atoms with E-state index in [9.17, 15) is 13.2 Å². The fraction of sp³-hybridized carbons (Fsp3) is 0.0714. The van der Waals surface area contributed by atoms with Gasteiger partial charge in [0, 0.05) is 29.5 Å². The van der Waals surface area contributed by atoms with Crippen molar-refractivity contribution in [3.63, 3.8) is 0 Å². The van der Waals surface area contributed by atoms with Crippen LogP contribution in [-0.2, 0) is 6.18 Å². The number of aromatic nitrogens is 5. The lowest BCUT2D eigenvalue weighted by Crippen LogP contribution is -2.05. The van der Waals surface area contributed by atoms with E-state index in [4.69, 9.17) is 0 Å². The van der Waals surface area contributed by atoms with Crippen LogP contribution in [-0.4, -0.2) is 25.1 Å². The van der Waals surface area contributed by atoms with Gasteiger partial charge in [0.25, 0.3) is 0 Å². The molecule has 0 aliphatic heterocycles. The molecule has 5 nitrogen and oxygen atoms in total. The molecule has 1 aromatic carbocycles. The van der Waals surface area contributed by atoms with Crippen molar-refractivity contribution in [2.75, 3.05) is 0 Å². The molecule has 22 heavy (non-hydrogen) atoms. The quantitative estimate of drug-likeness (QED) is 0.565. The summed E-state index contributed by atoms with van der Waals surface area (Å²) < 4.78 is 39.3. The minimum absolute atomic E-state index is 0.322. The Labute approximate surface area is 121 Å². The maximum absolute atomic E-state index is 13.1. The highest BCUT2D eigenvalue weighted by Gasteiger charge is 2.32. The lowest BCUT2D eigenvalue weighted by Gasteiger charge is -2.09. The maximum Gasteiger partial charge on any atom is 0.416 e. The number of rotatable bonds is 1. The van der Waals surface area contributed by atoms with Gasteiger partial charge in [0.1, 0.15) is 5.52 Å². The molecule has 0 unspecified atom stereocenters. The first kappa shape index (κ1) is 12.8. The third-order valence-corrected chi connectivity index (χ3v) is 3.48. The molecule has 0 amide bonds. The van der Waals surface area contributed by atoms with Crippen LogP contribution < -0.4 is 0 Å². The van der Waals surface area contributed by atoms with Crippen molar-refractivity contribution in [2.24, 2.45) is 0 Å². The summed E-state index contributed by atoms with van der Waals surface area (Å²) in [6.45, 7) is 0. The normalized spacial score (nSPS) is 12.3. The summed E-state index contributed by atoms with van der Waals surface area (Å²) in [4.78, 5) is 11.2. The molecule has 0 aliphatic carbocycles. The Morgan fingerprint density at radius 2 is 1.82 bits per heavy atom. The molecule has 0 spiro atoms. The van der Waals surface area contributed by atoms with Crippen LogP contribution in [0.3, 0.4) is 0 Å². The molecule has 4 aromatic rings. The molecular formula is C14H8F3N5. The predicted octanol–water partition coefficient (Wildman–Crippen LogP) is 3.52. The molecule has 4 rings (SSSR count). The van der Waals surface area contributed by atoms with Crippen molar-refractivity contribution < 1.29 is 13.2 Å². The molecule has 3 heterocycles. The average Bonchev–Trinajstić information content (AvgIpc) is 3.12. The van der Waals surface area contributed by atoms with E-state index in [1.54, 1.807) is 6.20 Å². The summed E-state index contributed by atoms with van der Waals surface area (Å²) in [5.74, 6) is 0. The van der Waals surface area contributed by atoms with Crippen LogP contribution in [0.4, 0.5) is 13.2 Å². The SMILES string of the molecule is FC(F)(F)c1cc(-c2c[nH]c3nccnc23)c2cn[nH]c2c1. The second-order valence-electron chi connectivity index (χ2n) is 4.81. The van der Waals surface area contributed by atoms with Crippen LogP contribution in [0.5, 0.6) is 0 Å². The molecule has 110 valence electrons. The molecular weight excluding hydrogens is 295 g/mol. The Kier molecular flexibility index (Phi) is 2.50. The van der Waals surface area contributed by atoms with E-state index in [1.165, 1.54) is 18.6 Å². The minimum Gasteiger partial charge on any atom is -0.344 e. The summed E-state index contributed by atoms with van der Waals surface area (Å²) in [7, 11) is 0. The van der Waals surface area contributed by atoms with Crippen molar-refractivity contribution in [1.29, 1.82) is 0 Å². The van der Waals surface area contributed by atoms with Gasteiger partial charge in [0.2, 0.25) is 0 Å². The van der Waals surface area contributed by atoms with E-state index in [0.29, 0.717) is 33.2 Å². The van der Waals surface area contributed by atoms with Gasteiger partial charge in [-0.15, -0.1) is 0 Å². The van der Waals surface area contributed by atoms with Gasteiger partial charge in [-0.3, -0.25) is 10.1 Å². The number of hydrogen-bond donors (Lipinski definition) is 2. The summed E-state index contributed by atoms with van der Waals surface area (Å²) in [5.41, 5.74) is 1.59. The molecule has 0 radical (unpaired) electrons. The number of alkyl halides is 3. The number of benzene rings is 1. The summed E-state index contributed by atoms with van der Waals surface area (Å²) in [6.07, 6.45) is 1.68. The zero-order valence-electron chi connectivity index (χ0n) is 10.9. The Morgan fingerprint density at radius 3 is 2.64 bits per heavy atom. The number of hydrogen-bond acceptors (Lipinski definition) is 3. The molecule has 0 bridgehead atoms. The Balaban J connectivity index is 2.07. The standard InChI is InChI=1S/C14H8F3N5/c15-14(16,17)7-3-8(9-6-21-22-11(9)4-7)10-5-20-13-12(10)18-1-2-19-13/h1-6H,(H,19,20)(H,21,22). The van der Waals surface area contributed by atoms with E-state index < -0.39 is 11.7 Å². The first-order chi connectivity index (χ1) is 10.5. The lowest BCUT2D eigenvalue weighted by molar-refractivity contribution is -0.137. The van der Waals surface area contributed by atoms with Crippen molar-refractivity contribution >= 4 is 22.1 Å². The first-order valence-electron chi connectivity index (χ1n) is 6.37. The van der Waals surface area contributed by atoms with Crippen molar-refractivity contribution in [3.05, 3.63) is 42.5 Å². The Morgan fingerprint density at radius 1 is 1.00 bits per heavy atom. The zero-order valence-corrected chi connectivity index (χ0v) is 10.9. The molecule has 0 atom stereocenters.